The number of unbranched alkanes of at least 4 members (excludes halogenated alkanes) is 3. The number of nitrogens with zero attached hydrogens (tertiary/aromatic N) is 1. The summed E-state index contributed by atoms with van der Waals surface area (Å²) in [6, 6.07) is 2.44. The van der Waals surface area contributed by atoms with Crippen LogP contribution in [0.25, 0.3) is 0 Å². The Labute approximate surface area is 122 Å². The van der Waals surface area contributed by atoms with Crippen LogP contribution in [0.2, 0.25) is 0 Å². The van der Waals surface area contributed by atoms with E-state index in [1.807, 2.05) is 0 Å². The Kier molecular flexibility index (Phi) is 7.53. The molecule has 0 spiro atoms. The van der Waals surface area contributed by atoms with Gasteiger partial charge in [0.2, 0.25) is 6.08 Å². The number of carbonyl (C=O) groups is 1. The van der Waals surface area contributed by atoms with Crippen molar-refractivity contribution >= 4 is 17.9 Å². The quantitative estimate of drug-likeness (QED) is 0.386. The van der Waals surface area contributed by atoms with Crippen LogP contribution in [0.15, 0.2) is 21.9 Å². The number of aliphatic imine (C=N–C) groups is 1. The summed E-state index contributed by atoms with van der Waals surface area (Å²) < 4.78 is 0. The molecule has 1 aromatic heterocycles. The number of nitrogens with one attached hydrogen (secondary N) is 3. The summed E-state index contributed by atoms with van der Waals surface area (Å²) >= 11 is 0. The van der Waals surface area contributed by atoms with Gasteiger partial charge in [-0.1, -0.05) is 12.8 Å². The average molecular weight is 292 g/mol. The molecular formula is C14H20N4O3. The van der Waals surface area contributed by atoms with Crippen LogP contribution in [0, 0.1) is 6.92 Å². The molecule has 0 saturated carbocycles. The lowest BCUT2D eigenvalue weighted by molar-refractivity contribution is 0.252. The number of aromatic amines is 1. The first kappa shape index (κ1) is 16.7. The standard InChI is InChI=1S/C14H20N4O3/c1-11-8-12(20)9-13(17-11)18-14(21)16-7-5-3-2-4-6-15-10-19/h8-9H,2-7H2,1H3,(H3,16,17,18,20,21). The Morgan fingerprint density at radius 2 is 2.05 bits per heavy atom. The molecule has 0 saturated heterocycles. The fourth-order valence-corrected chi connectivity index (χ4v) is 1.83. The van der Waals surface area contributed by atoms with Crippen LogP contribution in [0.5, 0.6) is 0 Å². The molecule has 0 unspecified atom stereocenters. The fraction of sp³-hybridized carbons (Fsp3) is 0.500. The zero-order valence-electron chi connectivity index (χ0n) is 12.1. The van der Waals surface area contributed by atoms with Crippen LogP contribution in [0.3, 0.4) is 0 Å². The molecule has 0 radical (unpaired) electrons. The highest BCUT2D eigenvalue weighted by Crippen LogP contribution is 2.01. The van der Waals surface area contributed by atoms with E-state index in [9.17, 15) is 14.4 Å². The highest BCUT2D eigenvalue weighted by atomic mass is 16.2. The monoisotopic (exact) mass is 292 g/mol. The van der Waals surface area contributed by atoms with Crippen molar-refractivity contribution < 1.29 is 9.59 Å². The van der Waals surface area contributed by atoms with Gasteiger partial charge in [-0.05, 0) is 19.8 Å². The van der Waals surface area contributed by atoms with Gasteiger partial charge in [-0.15, -0.1) is 0 Å². The van der Waals surface area contributed by atoms with Crippen LogP contribution in [0.4, 0.5) is 10.6 Å². The molecule has 3 N–H and O–H groups in total. The van der Waals surface area contributed by atoms with Crippen molar-refractivity contribution in [1.82, 2.24) is 10.3 Å². The molecule has 1 rings (SSSR count). The Hall–Kier alpha value is -2.40. The van der Waals surface area contributed by atoms with E-state index < -0.39 is 0 Å². The average Bonchev–Trinajstić information content (AvgIpc) is 2.40. The molecule has 0 atom stereocenters. The number of anilines is 1. The molecule has 21 heavy (non-hydrogen) atoms. The molecule has 0 aliphatic heterocycles. The Morgan fingerprint density at radius 1 is 1.29 bits per heavy atom. The topological polar surface area (TPSA) is 103 Å². The maximum atomic E-state index is 11.6. The summed E-state index contributed by atoms with van der Waals surface area (Å²) in [4.78, 5) is 39.1. The molecule has 0 aromatic carbocycles. The number of pyridine rings is 1. The third-order valence-electron chi connectivity index (χ3n) is 2.77. The number of carbonyl (C=O) groups excluding carboxylic acids is 2. The lowest BCUT2D eigenvalue weighted by atomic mass is 10.2. The highest BCUT2D eigenvalue weighted by molar-refractivity contribution is 5.88. The number of aryl methyl sites for hydroxylation is 1. The van der Waals surface area contributed by atoms with E-state index >= 15 is 0 Å². The molecule has 1 aromatic rings. The summed E-state index contributed by atoms with van der Waals surface area (Å²) in [5.41, 5.74) is 0.537. The molecule has 7 nitrogen and oxygen atoms in total. The molecule has 0 bridgehead atoms. The highest BCUT2D eigenvalue weighted by Gasteiger charge is 2.02. The third-order valence-corrected chi connectivity index (χ3v) is 2.77. The van der Waals surface area contributed by atoms with Gasteiger partial charge in [0, 0.05) is 24.4 Å². The largest absolute Gasteiger partial charge is 0.345 e. The molecule has 0 aliphatic carbocycles. The second kappa shape index (κ2) is 9.50. The zero-order chi connectivity index (χ0) is 15.5. The van der Waals surface area contributed by atoms with Crippen LogP contribution >= 0.6 is 0 Å². The summed E-state index contributed by atoms with van der Waals surface area (Å²) in [7, 11) is 0. The van der Waals surface area contributed by atoms with Gasteiger partial charge in [-0.3, -0.25) is 10.1 Å². The van der Waals surface area contributed by atoms with Gasteiger partial charge in [0.15, 0.2) is 5.43 Å². The van der Waals surface area contributed by atoms with Crippen molar-refractivity contribution in [2.45, 2.75) is 32.6 Å². The normalized spacial score (nSPS) is 9.76. The molecule has 0 aliphatic rings. The number of amides is 2. The van der Waals surface area contributed by atoms with Gasteiger partial charge in [-0.2, -0.15) is 0 Å². The van der Waals surface area contributed by atoms with Crippen molar-refractivity contribution in [1.29, 1.82) is 0 Å². The second-order valence-electron chi connectivity index (χ2n) is 4.68. The molecule has 2 amide bonds. The number of urea groups is 1. The van der Waals surface area contributed by atoms with Crippen molar-refractivity contribution in [2.24, 2.45) is 4.99 Å². The summed E-state index contributed by atoms with van der Waals surface area (Å²) in [5, 5.41) is 5.29. The van der Waals surface area contributed by atoms with Crippen molar-refractivity contribution in [2.75, 3.05) is 18.4 Å². The van der Waals surface area contributed by atoms with Gasteiger partial charge >= 0.3 is 6.03 Å². The number of rotatable bonds is 8. The third kappa shape index (κ3) is 7.69. The number of aromatic nitrogens is 1. The first-order valence-electron chi connectivity index (χ1n) is 6.91. The fourth-order valence-electron chi connectivity index (χ4n) is 1.83. The van der Waals surface area contributed by atoms with E-state index in [0.717, 1.165) is 25.7 Å². The van der Waals surface area contributed by atoms with E-state index in [1.54, 1.807) is 6.92 Å². The van der Waals surface area contributed by atoms with E-state index in [0.29, 0.717) is 24.6 Å². The molecule has 7 heteroatoms. The van der Waals surface area contributed by atoms with Crippen LogP contribution in [-0.2, 0) is 4.79 Å². The molecule has 1 heterocycles. The lowest BCUT2D eigenvalue weighted by Crippen LogP contribution is -2.30. The predicted octanol–water partition coefficient (Wildman–Crippen LogP) is 1.70. The summed E-state index contributed by atoms with van der Waals surface area (Å²) in [5.74, 6) is 0.379. The maximum Gasteiger partial charge on any atom is 0.320 e. The van der Waals surface area contributed by atoms with Crippen molar-refractivity contribution in [3.8, 4) is 0 Å². The number of hydrogen-bond donors (Lipinski definition) is 3. The minimum atomic E-state index is -0.346. The molecular weight excluding hydrogens is 272 g/mol. The molecule has 114 valence electrons. The van der Waals surface area contributed by atoms with E-state index in [2.05, 4.69) is 20.6 Å². The van der Waals surface area contributed by atoms with E-state index in [-0.39, 0.29) is 11.5 Å². The Bertz CT molecular complexity index is 562. The minimum Gasteiger partial charge on any atom is -0.345 e. The SMILES string of the molecule is Cc1cc(=O)cc(NC(=O)NCCCCCCN=C=O)[nH]1. The number of isocyanates is 1. The first-order valence-corrected chi connectivity index (χ1v) is 6.91. The Balaban J connectivity index is 2.16. The molecule has 0 fully saturated rings. The van der Waals surface area contributed by atoms with E-state index in [4.69, 9.17) is 0 Å². The minimum absolute atomic E-state index is 0.153. The number of H-pyrrole nitrogens is 1. The Morgan fingerprint density at radius 3 is 2.76 bits per heavy atom. The summed E-state index contributed by atoms with van der Waals surface area (Å²) in [6.45, 7) is 2.82. The smallest absolute Gasteiger partial charge is 0.320 e. The van der Waals surface area contributed by atoms with Crippen LogP contribution < -0.4 is 16.1 Å². The van der Waals surface area contributed by atoms with Crippen LogP contribution in [-0.4, -0.2) is 30.2 Å². The predicted molar refractivity (Wildman–Crippen MR) is 80.3 cm³/mol. The van der Waals surface area contributed by atoms with Gasteiger partial charge in [0.25, 0.3) is 0 Å². The van der Waals surface area contributed by atoms with E-state index in [1.165, 1.54) is 18.2 Å². The van der Waals surface area contributed by atoms with Gasteiger partial charge < -0.3 is 10.3 Å². The number of hydrogen-bond acceptors (Lipinski definition) is 4. The lowest BCUT2D eigenvalue weighted by Gasteiger charge is -2.08. The van der Waals surface area contributed by atoms with Crippen molar-refractivity contribution in [3.63, 3.8) is 0 Å². The van der Waals surface area contributed by atoms with Gasteiger partial charge in [-0.25, -0.2) is 14.6 Å². The zero-order valence-corrected chi connectivity index (χ0v) is 12.1. The first-order chi connectivity index (χ1) is 10.1. The van der Waals surface area contributed by atoms with Crippen LogP contribution in [0.1, 0.15) is 31.4 Å². The maximum absolute atomic E-state index is 11.6. The van der Waals surface area contributed by atoms with Gasteiger partial charge in [0.1, 0.15) is 5.82 Å². The van der Waals surface area contributed by atoms with Crippen molar-refractivity contribution in [3.05, 3.63) is 28.0 Å². The van der Waals surface area contributed by atoms with Gasteiger partial charge in [0.05, 0.1) is 6.54 Å². The second-order valence-corrected chi connectivity index (χ2v) is 4.68. The summed E-state index contributed by atoms with van der Waals surface area (Å²) in [6.07, 6.45) is 5.12.